The summed E-state index contributed by atoms with van der Waals surface area (Å²) in [7, 11) is 0. The van der Waals surface area contributed by atoms with Gasteiger partial charge in [-0.2, -0.15) is 0 Å². The summed E-state index contributed by atoms with van der Waals surface area (Å²) in [5.41, 5.74) is 8.57. The van der Waals surface area contributed by atoms with Gasteiger partial charge in [-0.15, -0.1) is 0 Å². The maximum atomic E-state index is 11.6. The minimum absolute atomic E-state index is 0.0838. The number of pyridine rings is 1. The Morgan fingerprint density at radius 1 is 1.11 bits per heavy atom. The predicted octanol–water partition coefficient (Wildman–Crippen LogP) is 1.45. The van der Waals surface area contributed by atoms with Crippen molar-refractivity contribution in [3.63, 3.8) is 0 Å². The fourth-order valence-electron chi connectivity index (χ4n) is 2.00. The van der Waals surface area contributed by atoms with Crippen LogP contribution < -0.4 is 11.1 Å². The molecule has 1 aromatic carbocycles. The number of nitrogens with one attached hydrogen (secondary N) is 1. The summed E-state index contributed by atoms with van der Waals surface area (Å²) in [5, 5.41) is 2.78. The molecule has 19 heavy (non-hydrogen) atoms. The highest BCUT2D eigenvalue weighted by Gasteiger charge is 2.19. The normalized spacial score (nSPS) is 14.1. The average molecular weight is 252 g/mol. The molecule has 0 bridgehead atoms. The summed E-state index contributed by atoms with van der Waals surface area (Å²) in [6.07, 6.45) is 0. The lowest BCUT2D eigenvalue weighted by molar-refractivity contribution is -0.114. The molecule has 5 heteroatoms. The molecule has 3 rings (SSSR count). The van der Waals surface area contributed by atoms with Gasteiger partial charge in [-0.3, -0.25) is 9.79 Å². The van der Waals surface area contributed by atoms with Crippen LogP contribution in [0.3, 0.4) is 0 Å². The monoisotopic (exact) mass is 252 g/mol. The number of fused-ring (bicyclic) bond motifs is 1. The van der Waals surface area contributed by atoms with Crippen LogP contribution in [-0.2, 0) is 4.79 Å². The molecule has 0 aliphatic carbocycles. The Morgan fingerprint density at radius 2 is 1.89 bits per heavy atom. The third-order valence-electron chi connectivity index (χ3n) is 2.84. The summed E-state index contributed by atoms with van der Waals surface area (Å²) in [6.45, 7) is 0.0838. The molecule has 2 heterocycles. The number of nitrogen functional groups attached to an aromatic ring is 1. The van der Waals surface area contributed by atoms with Crippen LogP contribution in [0.4, 0.5) is 11.5 Å². The number of rotatable bonds is 1. The molecule has 0 spiro atoms. The van der Waals surface area contributed by atoms with E-state index in [9.17, 15) is 4.79 Å². The number of carbonyl (C=O) groups excluding carboxylic acids is 1. The number of aliphatic imine (C=N–C) groups is 1. The van der Waals surface area contributed by atoms with Crippen LogP contribution in [0.2, 0.25) is 0 Å². The molecule has 1 aromatic heterocycles. The SMILES string of the molecule is Nc1ccc2c(n1)C(c1ccccc1)=NCC(=O)N2. The molecule has 0 unspecified atom stereocenters. The molecule has 0 atom stereocenters. The number of carbonyl (C=O) groups is 1. The van der Waals surface area contributed by atoms with E-state index in [2.05, 4.69) is 15.3 Å². The van der Waals surface area contributed by atoms with Crippen molar-refractivity contribution in [2.45, 2.75) is 0 Å². The quantitative estimate of drug-likeness (QED) is 0.806. The smallest absolute Gasteiger partial charge is 0.246 e. The Bertz CT molecular complexity index is 664. The van der Waals surface area contributed by atoms with E-state index in [1.807, 2.05) is 30.3 Å². The van der Waals surface area contributed by atoms with Gasteiger partial charge < -0.3 is 11.1 Å². The Morgan fingerprint density at radius 3 is 2.68 bits per heavy atom. The minimum Gasteiger partial charge on any atom is -0.384 e. The number of nitrogens with zero attached hydrogens (tertiary/aromatic N) is 2. The number of aromatic nitrogens is 1. The first kappa shape index (κ1) is 11.4. The molecule has 0 fully saturated rings. The van der Waals surface area contributed by atoms with Gasteiger partial charge in [0.05, 0.1) is 11.4 Å². The van der Waals surface area contributed by atoms with Crippen LogP contribution >= 0.6 is 0 Å². The second kappa shape index (κ2) is 4.53. The second-order valence-corrected chi connectivity index (χ2v) is 4.21. The fourth-order valence-corrected chi connectivity index (χ4v) is 2.00. The molecule has 3 N–H and O–H groups in total. The van der Waals surface area contributed by atoms with Crippen molar-refractivity contribution >= 4 is 23.1 Å². The van der Waals surface area contributed by atoms with E-state index in [4.69, 9.17) is 5.73 Å². The highest BCUT2D eigenvalue weighted by Crippen LogP contribution is 2.21. The third-order valence-corrected chi connectivity index (χ3v) is 2.84. The molecule has 1 aliphatic rings. The van der Waals surface area contributed by atoms with Gasteiger partial charge in [0, 0.05) is 5.56 Å². The van der Waals surface area contributed by atoms with Gasteiger partial charge in [0.2, 0.25) is 5.91 Å². The lowest BCUT2D eigenvalue weighted by atomic mass is 10.1. The van der Waals surface area contributed by atoms with Crippen molar-refractivity contribution in [2.24, 2.45) is 4.99 Å². The van der Waals surface area contributed by atoms with E-state index >= 15 is 0 Å². The topological polar surface area (TPSA) is 80.4 Å². The maximum absolute atomic E-state index is 11.6. The second-order valence-electron chi connectivity index (χ2n) is 4.21. The highest BCUT2D eigenvalue weighted by atomic mass is 16.1. The van der Waals surface area contributed by atoms with E-state index in [1.54, 1.807) is 12.1 Å². The minimum atomic E-state index is -0.154. The molecule has 1 aliphatic heterocycles. The summed E-state index contributed by atoms with van der Waals surface area (Å²) >= 11 is 0. The van der Waals surface area contributed by atoms with Gasteiger partial charge in [0.15, 0.2) is 0 Å². The van der Waals surface area contributed by atoms with Crippen LogP contribution in [0.1, 0.15) is 11.3 Å². The number of hydrogen-bond donors (Lipinski definition) is 2. The summed E-state index contributed by atoms with van der Waals surface area (Å²) in [4.78, 5) is 20.3. The van der Waals surface area contributed by atoms with Gasteiger partial charge >= 0.3 is 0 Å². The summed E-state index contributed by atoms with van der Waals surface area (Å²) in [6, 6.07) is 13.0. The summed E-state index contributed by atoms with van der Waals surface area (Å²) in [5.74, 6) is 0.247. The van der Waals surface area contributed by atoms with Crippen molar-refractivity contribution in [3.05, 3.63) is 53.7 Å². The van der Waals surface area contributed by atoms with E-state index in [0.29, 0.717) is 22.9 Å². The zero-order valence-corrected chi connectivity index (χ0v) is 10.1. The van der Waals surface area contributed by atoms with E-state index in [-0.39, 0.29) is 12.5 Å². The van der Waals surface area contributed by atoms with Crippen LogP contribution in [0.15, 0.2) is 47.5 Å². The van der Waals surface area contributed by atoms with Crippen molar-refractivity contribution in [1.82, 2.24) is 4.98 Å². The fraction of sp³-hybridized carbons (Fsp3) is 0.0714. The first-order valence-electron chi connectivity index (χ1n) is 5.90. The highest BCUT2D eigenvalue weighted by molar-refractivity contribution is 6.18. The lowest BCUT2D eigenvalue weighted by Crippen LogP contribution is -2.14. The first-order valence-corrected chi connectivity index (χ1v) is 5.90. The van der Waals surface area contributed by atoms with Crippen molar-refractivity contribution in [3.8, 4) is 0 Å². The molecular formula is C14H12N4O. The molecule has 0 saturated carbocycles. The van der Waals surface area contributed by atoms with Crippen LogP contribution in [-0.4, -0.2) is 23.1 Å². The largest absolute Gasteiger partial charge is 0.384 e. The van der Waals surface area contributed by atoms with Crippen LogP contribution in [0.25, 0.3) is 0 Å². The number of benzene rings is 1. The first-order chi connectivity index (χ1) is 9.24. The number of nitrogens with two attached hydrogens (primary N) is 1. The zero-order chi connectivity index (χ0) is 13.2. The number of anilines is 2. The molecule has 5 nitrogen and oxygen atoms in total. The van der Waals surface area contributed by atoms with Crippen molar-refractivity contribution < 1.29 is 4.79 Å². The van der Waals surface area contributed by atoms with Gasteiger partial charge in [-0.25, -0.2) is 4.98 Å². The Hall–Kier alpha value is -2.69. The predicted molar refractivity (Wildman–Crippen MR) is 74.2 cm³/mol. The van der Waals surface area contributed by atoms with E-state index in [1.165, 1.54) is 0 Å². The summed E-state index contributed by atoms with van der Waals surface area (Å²) < 4.78 is 0. The Balaban J connectivity index is 2.20. The van der Waals surface area contributed by atoms with Gasteiger partial charge in [-0.05, 0) is 12.1 Å². The lowest BCUT2D eigenvalue weighted by Gasteiger charge is -2.09. The Kier molecular flexibility index (Phi) is 2.72. The molecule has 94 valence electrons. The zero-order valence-electron chi connectivity index (χ0n) is 10.1. The van der Waals surface area contributed by atoms with Crippen LogP contribution in [0.5, 0.6) is 0 Å². The molecule has 0 saturated heterocycles. The standard InChI is InChI=1S/C14H12N4O/c15-11-7-6-10-14(18-11)13(16-8-12(19)17-10)9-4-2-1-3-5-9/h1-7H,8H2,(H2,15,18)(H,17,19). The van der Waals surface area contributed by atoms with Gasteiger partial charge in [0.1, 0.15) is 18.1 Å². The van der Waals surface area contributed by atoms with E-state index < -0.39 is 0 Å². The average Bonchev–Trinajstić information content (AvgIpc) is 2.58. The molecule has 2 aromatic rings. The van der Waals surface area contributed by atoms with Crippen LogP contribution in [0, 0.1) is 0 Å². The molecule has 1 amide bonds. The third kappa shape index (κ3) is 2.18. The van der Waals surface area contributed by atoms with Crippen molar-refractivity contribution in [2.75, 3.05) is 17.6 Å². The number of amides is 1. The molecular weight excluding hydrogens is 240 g/mol. The van der Waals surface area contributed by atoms with Gasteiger partial charge in [0.25, 0.3) is 0 Å². The maximum Gasteiger partial charge on any atom is 0.246 e. The molecule has 0 radical (unpaired) electrons. The Labute approximate surface area is 110 Å². The number of hydrogen-bond acceptors (Lipinski definition) is 4. The van der Waals surface area contributed by atoms with Gasteiger partial charge in [-0.1, -0.05) is 30.3 Å². The van der Waals surface area contributed by atoms with Crippen molar-refractivity contribution in [1.29, 1.82) is 0 Å². The van der Waals surface area contributed by atoms with E-state index in [0.717, 1.165) is 5.56 Å².